The summed E-state index contributed by atoms with van der Waals surface area (Å²) in [6.45, 7) is 1.04. The summed E-state index contributed by atoms with van der Waals surface area (Å²) < 4.78 is 27.0. The first-order valence-electron chi connectivity index (χ1n) is 8.35. The van der Waals surface area contributed by atoms with E-state index in [1.54, 1.807) is 24.3 Å². The van der Waals surface area contributed by atoms with Crippen LogP contribution in [0.1, 0.15) is 33.6 Å². The van der Waals surface area contributed by atoms with E-state index in [2.05, 4.69) is 26.8 Å². The van der Waals surface area contributed by atoms with Gasteiger partial charge >= 0.3 is 0 Å². The van der Waals surface area contributed by atoms with Crippen molar-refractivity contribution in [2.45, 2.75) is 17.7 Å². The van der Waals surface area contributed by atoms with E-state index in [0.29, 0.717) is 23.1 Å². The van der Waals surface area contributed by atoms with E-state index in [4.69, 9.17) is 0 Å². The van der Waals surface area contributed by atoms with Crippen molar-refractivity contribution in [3.05, 3.63) is 64.1 Å². The number of nitrogens with one attached hydrogen (secondary N) is 2. The van der Waals surface area contributed by atoms with Gasteiger partial charge in [-0.3, -0.25) is 20.4 Å². The first kappa shape index (κ1) is 19.5. The standard InChI is InChI=1S/C18H18BrN3O4S/c19-16-6-2-1-5-15(16)18(24)21-20-17(23)13-7-9-14(10-8-13)27(25,26)22-11-3-4-12-22/h1-2,5-10H,3-4,11-12H2,(H,20,23)(H,21,24). The zero-order valence-corrected chi connectivity index (χ0v) is 16.7. The molecule has 0 bridgehead atoms. The molecule has 1 heterocycles. The third-order valence-electron chi connectivity index (χ3n) is 4.23. The van der Waals surface area contributed by atoms with Gasteiger partial charge in [0.25, 0.3) is 11.8 Å². The number of hydrogen-bond acceptors (Lipinski definition) is 4. The summed E-state index contributed by atoms with van der Waals surface area (Å²) in [6.07, 6.45) is 1.72. The van der Waals surface area contributed by atoms with Gasteiger partial charge in [-0.2, -0.15) is 4.31 Å². The molecule has 2 N–H and O–H groups in total. The van der Waals surface area contributed by atoms with Gasteiger partial charge in [0.15, 0.2) is 0 Å². The van der Waals surface area contributed by atoms with Crippen molar-refractivity contribution in [2.24, 2.45) is 0 Å². The largest absolute Gasteiger partial charge is 0.270 e. The van der Waals surface area contributed by atoms with Crippen LogP contribution in [-0.2, 0) is 10.0 Å². The highest BCUT2D eigenvalue weighted by molar-refractivity contribution is 9.10. The number of nitrogens with zero attached hydrogens (tertiary/aromatic N) is 1. The van der Waals surface area contributed by atoms with E-state index in [-0.39, 0.29) is 10.5 Å². The van der Waals surface area contributed by atoms with Gasteiger partial charge in [0.05, 0.1) is 10.5 Å². The lowest BCUT2D eigenvalue weighted by atomic mass is 10.2. The third kappa shape index (κ3) is 4.37. The summed E-state index contributed by atoms with van der Waals surface area (Å²) in [5.41, 5.74) is 5.27. The van der Waals surface area contributed by atoms with Crippen LogP contribution in [0, 0.1) is 0 Å². The lowest BCUT2D eigenvalue weighted by Gasteiger charge is -2.15. The maximum absolute atomic E-state index is 12.5. The van der Waals surface area contributed by atoms with Gasteiger partial charge in [-0.15, -0.1) is 0 Å². The van der Waals surface area contributed by atoms with E-state index in [9.17, 15) is 18.0 Å². The SMILES string of the molecule is O=C(NNC(=O)c1ccccc1Br)c1ccc(S(=O)(=O)N2CCCC2)cc1. The predicted octanol–water partition coefficient (Wildman–Crippen LogP) is 2.31. The van der Waals surface area contributed by atoms with Crippen molar-refractivity contribution >= 4 is 37.8 Å². The Balaban J connectivity index is 1.64. The van der Waals surface area contributed by atoms with Gasteiger partial charge in [0.1, 0.15) is 0 Å². The normalized spacial score (nSPS) is 14.7. The molecule has 7 nitrogen and oxygen atoms in total. The van der Waals surface area contributed by atoms with Crippen molar-refractivity contribution in [3.8, 4) is 0 Å². The Morgan fingerprint density at radius 3 is 2.11 bits per heavy atom. The molecule has 142 valence electrons. The number of hydrogen-bond donors (Lipinski definition) is 2. The highest BCUT2D eigenvalue weighted by atomic mass is 79.9. The number of rotatable bonds is 4. The molecule has 0 radical (unpaired) electrons. The van der Waals surface area contributed by atoms with Crippen molar-refractivity contribution in [2.75, 3.05) is 13.1 Å². The van der Waals surface area contributed by atoms with Gasteiger partial charge in [-0.1, -0.05) is 12.1 Å². The second kappa shape index (κ2) is 8.20. The first-order valence-corrected chi connectivity index (χ1v) is 10.6. The highest BCUT2D eigenvalue weighted by Gasteiger charge is 2.27. The minimum absolute atomic E-state index is 0.151. The quantitative estimate of drug-likeness (QED) is 0.697. The van der Waals surface area contributed by atoms with Crippen LogP contribution in [0.25, 0.3) is 0 Å². The van der Waals surface area contributed by atoms with E-state index in [1.165, 1.54) is 28.6 Å². The molecule has 0 aromatic heterocycles. The van der Waals surface area contributed by atoms with Gasteiger partial charge in [0.2, 0.25) is 10.0 Å². The minimum Gasteiger partial charge on any atom is -0.267 e. The summed E-state index contributed by atoms with van der Waals surface area (Å²) >= 11 is 3.27. The molecule has 0 aliphatic carbocycles. The molecule has 1 aliphatic rings. The van der Waals surface area contributed by atoms with Crippen molar-refractivity contribution in [1.82, 2.24) is 15.2 Å². The van der Waals surface area contributed by atoms with Gasteiger partial charge in [0, 0.05) is 23.1 Å². The van der Waals surface area contributed by atoms with Crippen LogP contribution in [-0.4, -0.2) is 37.6 Å². The molecule has 1 aliphatic heterocycles. The summed E-state index contributed by atoms with van der Waals surface area (Å²) in [5.74, 6) is -1.01. The third-order valence-corrected chi connectivity index (χ3v) is 6.83. The summed E-state index contributed by atoms with van der Waals surface area (Å²) in [7, 11) is -3.52. The van der Waals surface area contributed by atoms with E-state index in [0.717, 1.165) is 12.8 Å². The van der Waals surface area contributed by atoms with E-state index in [1.807, 2.05) is 0 Å². The fraction of sp³-hybridized carbons (Fsp3) is 0.222. The Hall–Kier alpha value is -2.23. The molecular weight excluding hydrogens is 434 g/mol. The second-order valence-corrected chi connectivity index (χ2v) is 8.82. The predicted molar refractivity (Wildman–Crippen MR) is 104 cm³/mol. The van der Waals surface area contributed by atoms with Crippen LogP contribution >= 0.6 is 15.9 Å². The number of carbonyl (C=O) groups is 2. The Bertz CT molecular complexity index is 955. The molecule has 3 rings (SSSR count). The monoisotopic (exact) mass is 451 g/mol. The average Bonchev–Trinajstić information content (AvgIpc) is 3.22. The van der Waals surface area contributed by atoms with Gasteiger partial charge in [-0.05, 0) is 65.2 Å². The molecule has 1 saturated heterocycles. The number of hydrazine groups is 1. The number of benzene rings is 2. The van der Waals surface area contributed by atoms with Crippen LogP contribution in [0.2, 0.25) is 0 Å². The number of amides is 2. The fourth-order valence-corrected chi connectivity index (χ4v) is 4.74. The molecule has 2 aromatic rings. The smallest absolute Gasteiger partial charge is 0.267 e. The number of sulfonamides is 1. The lowest BCUT2D eigenvalue weighted by Crippen LogP contribution is -2.41. The number of carbonyl (C=O) groups excluding carboxylic acids is 2. The summed E-state index contributed by atoms with van der Waals surface area (Å²) in [6, 6.07) is 12.5. The van der Waals surface area contributed by atoms with Crippen molar-refractivity contribution < 1.29 is 18.0 Å². The maximum atomic E-state index is 12.5. The van der Waals surface area contributed by atoms with Gasteiger partial charge < -0.3 is 0 Å². The topological polar surface area (TPSA) is 95.6 Å². The molecule has 9 heteroatoms. The summed E-state index contributed by atoms with van der Waals surface area (Å²) in [4.78, 5) is 24.4. The van der Waals surface area contributed by atoms with Crippen molar-refractivity contribution in [3.63, 3.8) is 0 Å². The second-order valence-electron chi connectivity index (χ2n) is 6.02. The molecular formula is C18H18BrN3O4S. The molecule has 0 saturated carbocycles. The molecule has 1 fully saturated rings. The Labute approximate surface area is 165 Å². The van der Waals surface area contributed by atoms with Crippen LogP contribution in [0.5, 0.6) is 0 Å². The first-order chi connectivity index (χ1) is 12.9. The molecule has 2 amide bonds. The Morgan fingerprint density at radius 1 is 0.889 bits per heavy atom. The average molecular weight is 452 g/mol. The van der Waals surface area contributed by atoms with Crippen LogP contribution in [0.4, 0.5) is 0 Å². The summed E-state index contributed by atoms with van der Waals surface area (Å²) in [5, 5.41) is 0. The van der Waals surface area contributed by atoms with Crippen LogP contribution in [0.3, 0.4) is 0 Å². The zero-order valence-electron chi connectivity index (χ0n) is 14.3. The highest BCUT2D eigenvalue weighted by Crippen LogP contribution is 2.21. The van der Waals surface area contributed by atoms with Crippen LogP contribution < -0.4 is 10.9 Å². The maximum Gasteiger partial charge on any atom is 0.270 e. The zero-order chi connectivity index (χ0) is 19.4. The molecule has 0 atom stereocenters. The Kier molecular flexibility index (Phi) is 5.93. The molecule has 27 heavy (non-hydrogen) atoms. The van der Waals surface area contributed by atoms with Crippen LogP contribution in [0.15, 0.2) is 57.9 Å². The van der Waals surface area contributed by atoms with E-state index >= 15 is 0 Å². The minimum atomic E-state index is -3.52. The Morgan fingerprint density at radius 2 is 1.48 bits per heavy atom. The number of halogens is 1. The molecule has 2 aromatic carbocycles. The van der Waals surface area contributed by atoms with Gasteiger partial charge in [-0.25, -0.2) is 8.42 Å². The van der Waals surface area contributed by atoms with Crippen molar-refractivity contribution in [1.29, 1.82) is 0 Å². The van der Waals surface area contributed by atoms with E-state index < -0.39 is 21.8 Å². The molecule has 0 unspecified atom stereocenters. The lowest BCUT2D eigenvalue weighted by molar-refractivity contribution is 0.0846. The molecule has 0 spiro atoms. The fourth-order valence-electron chi connectivity index (χ4n) is 2.75.